The third-order valence-electron chi connectivity index (χ3n) is 4.07. The summed E-state index contributed by atoms with van der Waals surface area (Å²) in [4.78, 5) is 24.7. The van der Waals surface area contributed by atoms with Gasteiger partial charge in [-0.25, -0.2) is 9.59 Å². The van der Waals surface area contributed by atoms with Crippen LogP contribution in [0.2, 0.25) is 0 Å². The van der Waals surface area contributed by atoms with Gasteiger partial charge in [0.15, 0.2) is 0 Å². The fourth-order valence-corrected chi connectivity index (χ4v) is 2.61. The highest BCUT2D eigenvalue weighted by Crippen LogP contribution is 2.32. The average Bonchev–Trinajstić information content (AvgIpc) is 2.83. The van der Waals surface area contributed by atoms with Gasteiger partial charge in [0.2, 0.25) is 0 Å². The number of aliphatic carboxylic acids is 1. The van der Waals surface area contributed by atoms with E-state index in [2.05, 4.69) is 15.5 Å². The van der Waals surface area contributed by atoms with Crippen molar-refractivity contribution in [1.29, 1.82) is 0 Å². The standard InChI is InChI=1S/C13H25N3O3/c1-4-10(11(17)18)15-12(19)14-9-13(16(2)3)7-5-6-8-13/h10H,4-9H2,1-3H3,(H,17,18)(H2,14,15,19). The molecule has 1 aliphatic rings. The minimum Gasteiger partial charge on any atom is -0.480 e. The van der Waals surface area contributed by atoms with Crippen LogP contribution in [0.4, 0.5) is 4.79 Å². The molecule has 1 saturated carbocycles. The number of hydrogen-bond donors (Lipinski definition) is 3. The van der Waals surface area contributed by atoms with E-state index in [0.29, 0.717) is 13.0 Å². The molecular formula is C13H25N3O3. The van der Waals surface area contributed by atoms with E-state index in [-0.39, 0.29) is 5.54 Å². The monoisotopic (exact) mass is 271 g/mol. The molecule has 6 heteroatoms. The summed E-state index contributed by atoms with van der Waals surface area (Å²) in [7, 11) is 4.05. The number of carbonyl (C=O) groups is 2. The van der Waals surface area contributed by atoms with E-state index in [4.69, 9.17) is 5.11 Å². The summed E-state index contributed by atoms with van der Waals surface area (Å²) in [5.41, 5.74) is 0.0161. The van der Waals surface area contributed by atoms with Crippen molar-refractivity contribution in [3.05, 3.63) is 0 Å². The highest BCUT2D eigenvalue weighted by atomic mass is 16.4. The molecular weight excluding hydrogens is 246 g/mol. The molecule has 19 heavy (non-hydrogen) atoms. The Kier molecular flexibility index (Phi) is 5.60. The number of urea groups is 1. The Morgan fingerprint density at radius 1 is 1.32 bits per heavy atom. The third-order valence-corrected chi connectivity index (χ3v) is 4.07. The molecule has 0 aromatic carbocycles. The predicted octanol–water partition coefficient (Wildman–Crippen LogP) is 1.02. The van der Waals surface area contributed by atoms with E-state index >= 15 is 0 Å². The minimum atomic E-state index is -0.999. The second kappa shape index (κ2) is 6.75. The number of carbonyl (C=O) groups excluding carboxylic acids is 1. The van der Waals surface area contributed by atoms with E-state index in [0.717, 1.165) is 12.8 Å². The Hall–Kier alpha value is -1.30. The lowest BCUT2D eigenvalue weighted by molar-refractivity contribution is -0.139. The highest BCUT2D eigenvalue weighted by molar-refractivity contribution is 5.82. The van der Waals surface area contributed by atoms with Gasteiger partial charge in [0, 0.05) is 12.1 Å². The van der Waals surface area contributed by atoms with Crippen LogP contribution in [-0.2, 0) is 4.79 Å². The number of hydrogen-bond acceptors (Lipinski definition) is 3. The number of amides is 2. The van der Waals surface area contributed by atoms with Gasteiger partial charge in [-0.1, -0.05) is 19.8 Å². The molecule has 0 aromatic heterocycles. The van der Waals surface area contributed by atoms with Crippen LogP contribution in [0.5, 0.6) is 0 Å². The zero-order valence-corrected chi connectivity index (χ0v) is 12.0. The topological polar surface area (TPSA) is 81.7 Å². The molecule has 2 amide bonds. The molecule has 1 fully saturated rings. The van der Waals surface area contributed by atoms with Crippen molar-refractivity contribution in [2.75, 3.05) is 20.6 Å². The lowest BCUT2D eigenvalue weighted by Crippen LogP contribution is -2.54. The quantitative estimate of drug-likeness (QED) is 0.674. The molecule has 110 valence electrons. The molecule has 0 saturated heterocycles. The van der Waals surface area contributed by atoms with Gasteiger partial charge < -0.3 is 20.6 Å². The van der Waals surface area contributed by atoms with E-state index in [9.17, 15) is 9.59 Å². The van der Waals surface area contributed by atoms with Crippen LogP contribution in [0.25, 0.3) is 0 Å². The van der Waals surface area contributed by atoms with E-state index in [1.165, 1.54) is 12.8 Å². The van der Waals surface area contributed by atoms with Crippen LogP contribution in [0.3, 0.4) is 0 Å². The van der Waals surface area contributed by atoms with E-state index < -0.39 is 18.0 Å². The van der Waals surface area contributed by atoms with Gasteiger partial charge in [0.25, 0.3) is 0 Å². The normalized spacial score (nSPS) is 19.2. The molecule has 3 N–H and O–H groups in total. The van der Waals surface area contributed by atoms with Gasteiger partial charge in [-0.2, -0.15) is 0 Å². The van der Waals surface area contributed by atoms with Crippen molar-refractivity contribution in [3.8, 4) is 0 Å². The Balaban J connectivity index is 2.46. The van der Waals surface area contributed by atoms with Crippen molar-refractivity contribution in [2.24, 2.45) is 0 Å². The van der Waals surface area contributed by atoms with Crippen LogP contribution in [-0.4, -0.2) is 54.2 Å². The first-order chi connectivity index (χ1) is 8.91. The molecule has 1 aliphatic carbocycles. The summed E-state index contributed by atoms with van der Waals surface area (Å²) in [6.07, 6.45) is 4.86. The maximum Gasteiger partial charge on any atom is 0.326 e. The van der Waals surface area contributed by atoms with Crippen LogP contribution in [0.15, 0.2) is 0 Å². The van der Waals surface area contributed by atoms with Gasteiger partial charge >= 0.3 is 12.0 Å². The SMILES string of the molecule is CCC(NC(=O)NCC1(N(C)C)CCCC1)C(=O)O. The third kappa shape index (κ3) is 4.09. The molecule has 1 unspecified atom stereocenters. The van der Waals surface area contributed by atoms with Gasteiger partial charge in [0.05, 0.1) is 0 Å². The second-order valence-corrected chi connectivity index (χ2v) is 5.45. The molecule has 0 aliphatic heterocycles. The Bertz CT molecular complexity index is 325. The minimum absolute atomic E-state index is 0.0161. The molecule has 0 heterocycles. The van der Waals surface area contributed by atoms with Crippen molar-refractivity contribution in [2.45, 2.75) is 50.6 Å². The van der Waals surface area contributed by atoms with Crippen molar-refractivity contribution < 1.29 is 14.7 Å². The van der Waals surface area contributed by atoms with Crippen LogP contribution >= 0.6 is 0 Å². The molecule has 1 rings (SSSR count). The largest absolute Gasteiger partial charge is 0.480 e. The van der Waals surface area contributed by atoms with Gasteiger partial charge in [-0.3, -0.25) is 0 Å². The fraction of sp³-hybridized carbons (Fsp3) is 0.846. The zero-order valence-electron chi connectivity index (χ0n) is 12.0. The molecule has 0 spiro atoms. The summed E-state index contributed by atoms with van der Waals surface area (Å²) in [5.74, 6) is -0.999. The maximum absolute atomic E-state index is 11.7. The van der Waals surface area contributed by atoms with Crippen molar-refractivity contribution >= 4 is 12.0 Å². The number of rotatable bonds is 6. The van der Waals surface area contributed by atoms with Gasteiger partial charge in [-0.15, -0.1) is 0 Å². The first-order valence-corrected chi connectivity index (χ1v) is 6.86. The summed E-state index contributed by atoms with van der Waals surface area (Å²) >= 11 is 0. The lowest BCUT2D eigenvalue weighted by Gasteiger charge is -2.36. The van der Waals surface area contributed by atoms with Gasteiger partial charge in [-0.05, 0) is 33.4 Å². The Morgan fingerprint density at radius 3 is 2.32 bits per heavy atom. The summed E-state index contributed by atoms with van der Waals surface area (Å²) in [5, 5.41) is 14.2. The molecule has 0 bridgehead atoms. The molecule has 0 aromatic rings. The first kappa shape index (κ1) is 15.8. The van der Waals surface area contributed by atoms with Crippen LogP contribution in [0, 0.1) is 0 Å². The highest BCUT2D eigenvalue weighted by Gasteiger charge is 2.36. The number of carboxylic acid groups (broad SMARTS) is 1. The maximum atomic E-state index is 11.7. The lowest BCUT2D eigenvalue weighted by atomic mass is 9.96. The molecule has 6 nitrogen and oxygen atoms in total. The van der Waals surface area contributed by atoms with E-state index in [1.54, 1.807) is 6.92 Å². The summed E-state index contributed by atoms with van der Waals surface area (Å²) in [6.45, 7) is 2.29. The Morgan fingerprint density at radius 2 is 1.89 bits per heavy atom. The number of nitrogens with zero attached hydrogens (tertiary/aromatic N) is 1. The molecule has 1 atom stereocenters. The van der Waals surface area contributed by atoms with Crippen molar-refractivity contribution in [3.63, 3.8) is 0 Å². The smallest absolute Gasteiger partial charge is 0.326 e. The van der Waals surface area contributed by atoms with Crippen LogP contribution < -0.4 is 10.6 Å². The average molecular weight is 271 g/mol. The molecule has 0 radical (unpaired) electrons. The fourth-order valence-electron chi connectivity index (χ4n) is 2.61. The Labute approximate surface area is 114 Å². The number of likely N-dealkylation sites (N-methyl/N-ethyl adjacent to an activating group) is 1. The van der Waals surface area contributed by atoms with Gasteiger partial charge in [0.1, 0.15) is 6.04 Å². The number of nitrogens with one attached hydrogen (secondary N) is 2. The second-order valence-electron chi connectivity index (χ2n) is 5.45. The van der Waals surface area contributed by atoms with Crippen LogP contribution in [0.1, 0.15) is 39.0 Å². The summed E-state index contributed by atoms with van der Waals surface area (Å²) in [6, 6.07) is -1.22. The number of carboxylic acids is 1. The first-order valence-electron chi connectivity index (χ1n) is 6.86. The van der Waals surface area contributed by atoms with Crippen molar-refractivity contribution in [1.82, 2.24) is 15.5 Å². The van der Waals surface area contributed by atoms with E-state index in [1.807, 2.05) is 14.1 Å². The predicted molar refractivity (Wildman–Crippen MR) is 73.1 cm³/mol. The summed E-state index contributed by atoms with van der Waals surface area (Å²) < 4.78 is 0. The zero-order chi connectivity index (χ0) is 14.5.